The average Bonchev–Trinajstić information content (AvgIpc) is 2.26. The van der Waals surface area contributed by atoms with Crippen LogP contribution in [-0.2, 0) is 0 Å². The largest absolute Gasteiger partial charge is 0.394 e. The quantitative estimate of drug-likeness (QED) is 0.744. The monoisotopic (exact) mass is 209 g/mol. The van der Waals surface area contributed by atoms with E-state index in [-0.39, 0.29) is 30.2 Å². The van der Waals surface area contributed by atoms with Crippen LogP contribution < -0.4 is 5.32 Å². The van der Waals surface area contributed by atoms with Gasteiger partial charge >= 0.3 is 0 Å². The Balaban J connectivity index is 2.63. The second-order valence-corrected chi connectivity index (χ2v) is 3.60. The third kappa shape index (κ3) is 3.28. The van der Waals surface area contributed by atoms with Crippen LogP contribution in [0.3, 0.4) is 0 Å². The van der Waals surface area contributed by atoms with Gasteiger partial charge in [-0.15, -0.1) is 0 Å². The molecule has 0 aliphatic heterocycles. The number of carbonyl (C=O) groups is 1. The summed E-state index contributed by atoms with van der Waals surface area (Å²) in [6, 6.07) is -0.250. The molecule has 0 aromatic carbocycles. The molecule has 0 spiro atoms. The van der Waals surface area contributed by atoms with Crippen molar-refractivity contribution < 1.29 is 9.90 Å². The lowest BCUT2D eigenvalue weighted by Gasteiger charge is -2.19. The zero-order chi connectivity index (χ0) is 11.3. The van der Waals surface area contributed by atoms with Gasteiger partial charge in [-0.05, 0) is 5.92 Å². The summed E-state index contributed by atoms with van der Waals surface area (Å²) in [5.74, 6) is -0.133. The van der Waals surface area contributed by atoms with E-state index in [9.17, 15) is 4.79 Å². The first kappa shape index (κ1) is 11.6. The van der Waals surface area contributed by atoms with E-state index in [1.807, 2.05) is 13.8 Å². The summed E-state index contributed by atoms with van der Waals surface area (Å²) < 4.78 is 0. The van der Waals surface area contributed by atoms with E-state index in [1.54, 1.807) is 0 Å². The van der Waals surface area contributed by atoms with Crippen molar-refractivity contribution in [1.82, 2.24) is 15.3 Å². The topological polar surface area (TPSA) is 75.1 Å². The highest BCUT2D eigenvalue weighted by Crippen LogP contribution is 2.01. The van der Waals surface area contributed by atoms with Crippen LogP contribution in [0.2, 0.25) is 0 Å². The molecule has 1 rings (SSSR count). The number of nitrogens with one attached hydrogen (secondary N) is 1. The number of hydrogen-bond donors (Lipinski definition) is 2. The number of carbonyl (C=O) groups excluding carboxylic acids is 1. The molecule has 0 fully saturated rings. The summed E-state index contributed by atoms with van der Waals surface area (Å²) in [5, 5.41) is 11.7. The van der Waals surface area contributed by atoms with Crippen LogP contribution in [0.25, 0.3) is 0 Å². The Bertz CT molecular complexity index is 314. The van der Waals surface area contributed by atoms with Crippen molar-refractivity contribution in [3.05, 3.63) is 24.3 Å². The van der Waals surface area contributed by atoms with Crippen molar-refractivity contribution in [1.29, 1.82) is 0 Å². The lowest BCUT2D eigenvalue weighted by Crippen LogP contribution is -2.41. The molecule has 82 valence electrons. The fourth-order valence-electron chi connectivity index (χ4n) is 1.08. The fraction of sp³-hybridized carbons (Fsp3) is 0.500. The normalized spacial score (nSPS) is 12.5. The predicted molar refractivity (Wildman–Crippen MR) is 55.2 cm³/mol. The third-order valence-electron chi connectivity index (χ3n) is 2.11. The van der Waals surface area contributed by atoms with Gasteiger partial charge < -0.3 is 10.4 Å². The number of aliphatic hydroxyl groups excluding tert-OH is 1. The summed E-state index contributed by atoms with van der Waals surface area (Å²) >= 11 is 0. The van der Waals surface area contributed by atoms with Gasteiger partial charge in [0.2, 0.25) is 0 Å². The van der Waals surface area contributed by atoms with Gasteiger partial charge in [-0.1, -0.05) is 13.8 Å². The number of nitrogens with zero attached hydrogens (tertiary/aromatic N) is 2. The van der Waals surface area contributed by atoms with Gasteiger partial charge in [0.05, 0.1) is 18.8 Å². The van der Waals surface area contributed by atoms with Gasteiger partial charge in [0.15, 0.2) is 0 Å². The maximum atomic E-state index is 11.6. The molecule has 5 heteroatoms. The Kier molecular flexibility index (Phi) is 4.17. The second kappa shape index (κ2) is 5.41. The fourth-order valence-corrected chi connectivity index (χ4v) is 1.08. The average molecular weight is 209 g/mol. The van der Waals surface area contributed by atoms with Gasteiger partial charge in [-0.25, -0.2) is 4.98 Å². The maximum Gasteiger partial charge on any atom is 0.271 e. The van der Waals surface area contributed by atoms with Crippen molar-refractivity contribution >= 4 is 5.91 Å². The SMILES string of the molecule is CC(C)C(CO)NC(=O)c1cnccn1. The highest BCUT2D eigenvalue weighted by atomic mass is 16.3. The molecule has 15 heavy (non-hydrogen) atoms. The molecule has 0 radical (unpaired) electrons. The minimum absolute atomic E-state index is 0.0797. The molecule has 1 amide bonds. The summed E-state index contributed by atoms with van der Waals surface area (Å²) in [6.07, 6.45) is 4.35. The number of amides is 1. The van der Waals surface area contributed by atoms with Crippen LogP contribution in [0.5, 0.6) is 0 Å². The van der Waals surface area contributed by atoms with E-state index in [2.05, 4.69) is 15.3 Å². The van der Waals surface area contributed by atoms with Crippen molar-refractivity contribution in [2.24, 2.45) is 5.92 Å². The molecule has 1 aromatic rings. The minimum Gasteiger partial charge on any atom is -0.394 e. The van der Waals surface area contributed by atoms with E-state index in [1.165, 1.54) is 18.6 Å². The molecule has 1 unspecified atom stereocenters. The molecule has 2 N–H and O–H groups in total. The highest BCUT2D eigenvalue weighted by Gasteiger charge is 2.16. The number of hydrogen-bond acceptors (Lipinski definition) is 4. The van der Waals surface area contributed by atoms with Gasteiger partial charge in [0, 0.05) is 12.4 Å². The number of rotatable bonds is 4. The maximum absolute atomic E-state index is 11.6. The number of aliphatic hydroxyl groups is 1. The Morgan fingerprint density at radius 3 is 2.73 bits per heavy atom. The van der Waals surface area contributed by atoms with Crippen molar-refractivity contribution in [3.63, 3.8) is 0 Å². The molecule has 0 aliphatic carbocycles. The first-order valence-electron chi connectivity index (χ1n) is 4.83. The zero-order valence-corrected chi connectivity index (χ0v) is 8.84. The van der Waals surface area contributed by atoms with Crippen LogP contribution in [0.1, 0.15) is 24.3 Å². The lowest BCUT2D eigenvalue weighted by atomic mass is 10.1. The lowest BCUT2D eigenvalue weighted by molar-refractivity contribution is 0.0891. The van der Waals surface area contributed by atoms with E-state index >= 15 is 0 Å². The molecule has 1 aromatic heterocycles. The summed E-state index contributed by atoms with van der Waals surface area (Å²) in [7, 11) is 0. The van der Waals surface area contributed by atoms with E-state index < -0.39 is 0 Å². The Morgan fingerprint density at radius 1 is 1.53 bits per heavy atom. The minimum atomic E-state index is -0.309. The van der Waals surface area contributed by atoms with Crippen LogP contribution >= 0.6 is 0 Å². The molecule has 1 heterocycles. The van der Waals surface area contributed by atoms with E-state index in [0.29, 0.717) is 0 Å². The molecule has 0 bridgehead atoms. The van der Waals surface area contributed by atoms with E-state index in [0.717, 1.165) is 0 Å². The summed E-state index contributed by atoms with van der Waals surface area (Å²) in [6.45, 7) is 3.78. The van der Waals surface area contributed by atoms with Gasteiger partial charge in [-0.2, -0.15) is 0 Å². The van der Waals surface area contributed by atoms with Crippen LogP contribution in [0.4, 0.5) is 0 Å². The Hall–Kier alpha value is -1.49. The second-order valence-electron chi connectivity index (χ2n) is 3.60. The van der Waals surface area contributed by atoms with Gasteiger partial charge in [0.25, 0.3) is 5.91 Å². The first-order valence-corrected chi connectivity index (χ1v) is 4.83. The number of aromatic nitrogens is 2. The molecule has 0 saturated carbocycles. The molecular weight excluding hydrogens is 194 g/mol. The first-order chi connectivity index (χ1) is 7.15. The highest BCUT2D eigenvalue weighted by molar-refractivity contribution is 5.92. The van der Waals surface area contributed by atoms with Crippen LogP contribution in [-0.4, -0.2) is 33.6 Å². The van der Waals surface area contributed by atoms with Gasteiger partial charge in [0.1, 0.15) is 5.69 Å². The Morgan fingerprint density at radius 2 is 2.27 bits per heavy atom. The standard InChI is InChI=1S/C10H15N3O2/c1-7(2)9(6-14)13-10(15)8-5-11-3-4-12-8/h3-5,7,9,14H,6H2,1-2H3,(H,13,15). The van der Waals surface area contributed by atoms with Crippen molar-refractivity contribution in [2.75, 3.05) is 6.61 Å². The van der Waals surface area contributed by atoms with Crippen LogP contribution in [0.15, 0.2) is 18.6 Å². The summed E-state index contributed by atoms with van der Waals surface area (Å²) in [4.78, 5) is 19.3. The molecule has 0 aliphatic rings. The molecule has 0 saturated heterocycles. The molecule has 1 atom stereocenters. The van der Waals surface area contributed by atoms with E-state index in [4.69, 9.17) is 5.11 Å². The smallest absolute Gasteiger partial charge is 0.271 e. The van der Waals surface area contributed by atoms with Crippen LogP contribution in [0, 0.1) is 5.92 Å². The molecule has 5 nitrogen and oxygen atoms in total. The zero-order valence-electron chi connectivity index (χ0n) is 8.84. The Labute approximate surface area is 88.6 Å². The van der Waals surface area contributed by atoms with Crippen molar-refractivity contribution in [2.45, 2.75) is 19.9 Å². The predicted octanol–water partition coefficient (Wildman–Crippen LogP) is 0.223. The van der Waals surface area contributed by atoms with Gasteiger partial charge in [-0.3, -0.25) is 9.78 Å². The van der Waals surface area contributed by atoms with Crippen molar-refractivity contribution in [3.8, 4) is 0 Å². The third-order valence-corrected chi connectivity index (χ3v) is 2.11. The summed E-state index contributed by atoms with van der Waals surface area (Å²) in [5.41, 5.74) is 0.261. The molecular formula is C10H15N3O2.